The summed E-state index contributed by atoms with van der Waals surface area (Å²) in [7, 11) is 0. The molecular weight excluding hydrogens is 353 g/mol. The zero-order valence-corrected chi connectivity index (χ0v) is 13.9. The minimum absolute atomic E-state index is 0.0726. The fourth-order valence-electron chi connectivity index (χ4n) is 2.06. The molecule has 1 aromatic heterocycles. The van der Waals surface area contributed by atoms with Gasteiger partial charge in [0.2, 0.25) is 5.91 Å². The third-order valence-electron chi connectivity index (χ3n) is 3.23. The van der Waals surface area contributed by atoms with Crippen LogP contribution in [0, 0.1) is 11.3 Å². The summed E-state index contributed by atoms with van der Waals surface area (Å²) in [5.74, 6) is 0.0940. The highest BCUT2D eigenvalue weighted by molar-refractivity contribution is 7.99. The first-order valence-corrected chi connectivity index (χ1v) is 8.46. The first-order chi connectivity index (χ1) is 11.9. The van der Waals surface area contributed by atoms with E-state index in [0.29, 0.717) is 17.1 Å². The standard InChI is InChI=1S/C17H15F3N2O2S/c18-17(19,20)12-22(9-15-2-1-7-24-15)16(23)11-25-10-14-5-3-13(8-21)4-6-14/h1-7H,9-12H2. The minimum Gasteiger partial charge on any atom is -0.467 e. The molecule has 0 spiro atoms. The second kappa shape index (κ2) is 8.62. The molecule has 0 saturated carbocycles. The average Bonchev–Trinajstić information content (AvgIpc) is 3.06. The molecule has 2 aromatic rings. The fraction of sp³-hybridized carbons (Fsp3) is 0.294. The summed E-state index contributed by atoms with van der Waals surface area (Å²) < 4.78 is 43.1. The van der Waals surface area contributed by atoms with Gasteiger partial charge in [-0.3, -0.25) is 4.79 Å². The average molecular weight is 368 g/mol. The van der Waals surface area contributed by atoms with Crippen molar-refractivity contribution in [1.82, 2.24) is 4.90 Å². The summed E-state index contributed by atoms with van der Waals surface area (Å²) in [4.78, 5) is 12.9. The van der Waals surface area contributed by atoms with Gasteiger partial charge in [0.1, 0.15) is 12.3 Å². The van der Waals surface area contributed by atoms with Crippen molar-refractivity contribution >= 4 is 17.7 Å². The zero-order valence-electron chi connectivity index (χ0n) is 13.1. The molecule has 0 aliphatic rings. The number of carbonyl (C=O) groups excluding carboxylic acids is 1. The number of furan rings is 1. The summed E-state index contributed by atoms with van der Waals surface area (Å²) in [6, 6.07) is 11.9. The highest BCUT2D eigenvalue weighted by Gasteiger charge is 2.33. The van der Waals surface area contributed by atoms with E-state index in [0.717, 1.165) is 10.5 Å². The molecule has 0 bridgehead atoms. The summed E-state index contributed by atoms with van der Waals surface area (Å²) in [6.45, 7) is -1.53. The van der Waals surface area contributed by atoms with Crippen LogP contribution in [0.4, 0.5) is 13.2 Å². The first-order valence-electron chi connectivity index (χ1n) is 7.31. The van der Waals surface area contributed by atoms with Gasteiger partial charge in [-0.1, -0.05) is 12.1 Å². The number of nitriles is 1. The lowest BCUT2D eigenvalue weighted by atomic mass is 10.2. The lowest BCUT2D eigenvalue weighted by Crippen LogP contribution is -2.39. The van der Waals surface area contributed by atoms with Crippen LogP contribution in [0.5, 0.6) is 0 Å². The van der Waals surface area contributed by atoms with Gasteiger partial charge >= 0.3 is 6.18 Å². The number of amides is 1. The molecule has 0 fully saturated rings. The summed E-state index contributed by atoms with van der Waals surface area (Å²) in [5.41, 5.74) is 1.42. The molecule has 25 heavy (non-hydrogen) atoms. The number of rotatable bonds is 7. The van der Waals surface area contributed by atoms with Gasteiger partial charge in [-0.2, -0.15) is 18.4 Å². The summed E-state index contributed by atoms with van der Waals surface area (Å²) in [5, 5.41) is 8.73. The number of benzene rings is 1. The zero-order chi connectivity index (χ0) is 18.3. The second-order valence-electron chi connectivity index (χ2n) is 5.25. The Bertz CT molecular complexity index is 722. The Morgan fingerprint density at radius 1 is 1.24 bits per heavy atom. The van der Waals surface area contributed by atoms with Gasteiger partial charge in [0, 0.05) is 5.75 Å². The molecule has 0 aliphatic carbocycles. The molecule has 0 N–H and O–H groups in total. The molecule has 4 nitrogen and oxygen atoms in total. The normalized spacial score (nSPS) is 11.1. The molecule has 0 atom stereocenters. The number of nitrogens with zero attached hydrogens (tertiary/aromatic N) is 2. The van der Waals surface area contributed by atoms with Crippen molar-refractivity contribution in [3.8, 4) is 6.07 Å². The number of alkyl halides is 3. The van der Waals surface area contributed by atoms with Gasteiger partial charge in [0.05, 0.1) is 30.2 Å². The highest BCUT2D eigenvalue weighted by Crippen LogP contribution is 2.20. The van der Waals surface area contributed by atoms with Crippen LogP contribution >= 0.6 is 11.8 Å². The lowest BCUT2D eigenvalue weighted by Gasteiger charge is -2.23. The van der Waals surface area contributed by atoms with E-state index in [9.17, 15) is 18.0 Å². The summed E-state index contributed by atoms with van der Waals surface area (Å²) >= 11 is 1.22. The number of hydrogen-bond acceptors (Lipinski definition) is 4. The Morgan fingerprint density at radius 2 is 1.96 bits per heavy atom. The van der Waals surface area contributed by atoms with Crippen molar-refractivity contribution < 1.29 is 22.4 Å². The van der Waals surface area contributed by atoms with Gasteiger partial charge in [-0.05, 0) is 29.8 Å². The van der Waals surface area contributed by atoms with Gasteiger partial charge in [0.15, 0.2) is 0 Å². The van der Waals surface area contributed by atoms with E-state index in [4.69, 9.17) is 9.68 Å². The van der Waals surface area contributed by atoms with Crippen LogP contribution < -0.4 is 0 Å². The van der Waals surface area contributed by atoms with E-state index in [2.05, 4.69) is 0 Å². The van der Waals surface area contributed by atoms with Crippen molar-refractivity contribution in [2.75, 3.05) is 12.3 Å². The third kappa shape index (κ3) is 6.55. The largest absolute Gasteiger partial charge is 0.467 e. The van der Waals surface area contributed by atoms with Crippen LogP contribution in [0.3, 0.4) is 0 Å². The van der Waals surface area contributed by atoms with Gasteiger partial charge < -0.3 is 9.32 Å². The Balaban J connectivity index is 1.90. The number of carbonyl (C=O) groups is 1. The Labute approximate surface area is 147 Å². The van der Waals surface area contributed by atoms with E-state index in [1.54, 1.807) is 30.3 Å². The van der Waals surface area contributed by atoms with Crippen LogP contribution in [0.2, 0.25) is 0 Å². The van der Waals surface area contributed by atoms with E-state index >= 15 is 0 Å². The van der Waals surface area contributed by atoms with Crippen molar-refractivity contribution in [1.29, 1.82) is 5.26 Å². The summed E-state index contributed by atoms with van der Waals surface area (Å²) in [6.07, 6.45) is -3.12. The number of halogens is 3. The predicted octanol–water partition coefficient (Wildman–Crippen LogP) is 3.98. The Morgan fingerprint density at radius 3 is 2.52 bits per heavy atom. The molecule has 8 heteroatoms. The smallest absolute Gasteiger partial charge is 0.406 e. The number of thioether (sulfide) groups is 1. The topological polar surface area (TPSA) is 57.2 Å². The van der Waals surface area contributed by atoms with E-state index in [1.807, 2.05) is 6.07 Å². The Hall–Kier alpha value is -2.40. The monoisotopic (exact) mass is 368 g/mol. The molecule has 0 saturated heterocycles. The maximum atomic E-state index is 12.7. The van der Waals surface area contributed by atoms with E-state index < -0.39 is 18.6 Å². The molecule has 132 valence electrons. The van der Waals surface area contributed by atoms with Crippen molar-refractivity contribution in [2.45, 2.75) is 18.5 Å². The lowest BCUT2D eigenvalue weighted by molar-refractivity contribution is -0.161. The molecule has 1 aromatic carbocycles. The SMILES string of the molecule is N#Cc1ccc(CSCC(=O)N(Cc2ccco2)CC(F)(F)F)cc1. The van der Waals surface area contributed by atoms with E-state index in [-0.39, 0.29) is 12.3 Å². The molecule has 0 aliphatic heterocycles. The first kappa shape index (κ1) is 18.9. The molecule has 1 amide bonds. The minimum atomic E-state index is -4.47. The molecular formula is C17H15F3N2O2S. The Kier molecular flexibility index (Phi) is 6.53. The fourth-order valence-corrected chi connectivity index (χ4v) is 2.95. The third-order valence-corrected chi connectivity index (χ3v) is 4.22. The highest BCUT2D eigenvalue weighted by atomic mass is 32.2. The van der Waals surface area contributed by atoms with Gasteiger partial charge in [0.25, 0.3) is 0 Å². The van der Waals surface area contributed by atoms with Crippen LogP contribution in [0.1, 0.15) is 16.9 Å². The van der Waals surface area contributed by atoms with Gasteiger partial charge in [-0.25, -0.2) is 0 Å². The molecule has 0 radical (unpaired) electrons. The van der Waals surface area contributed by atoms with Crippen molar-refractivity contribution in [3.63, 3.8) is 0 Å². The number of hydrogen-bond donors (Lipinski definition) is 0. The molecule has 1 heterocycles. The maximum Gasteiger partial charge on any atom is 0.406 e. The molecule has 0 unspecified atom stereocenters. The maximum absolute atomic E-state index is 12.7. The van der Waals surface area contributed by atoms with E-state index in [1.165, 1.54) is 24.1 Å². The molecule has 2 rings (SSSR count). The van der Waals surface area contributed by atoms with Crippen molar-refractivity contribution in [2.24, 2.45) is 0 Å². The van der Waals surface area contributed by atoms with Crippen molar-refractivity contribution in [3.05, 3.63) is 59.5 Å². The second-order valence-corrected chi connectivity index (χ2v) is 6.23. The van der Waals surface area contributed by atoms with Crippen LogP contribution in [-0.2, 0) is 17.1 Å². The van der Waals surface area contributed by atoms with Gasteiger partial charge in [-0.15, -0.1) is 11.8 Å². The quantitative estimate of drug-likeness (QED) is 0.742. The van der Waals surface area contributed by atoms with Crippen LogP contribution in [0.15, 0.2) is 47.1 Å². The van der Waals surface area contributed by atoms with Crippen LogP contribution in [0.25, 0.3) is 0 Å². The van der Waals surface area contributed by atoms with Crippen LogP contribution in [-0.4, -0.2) is 29.3 Å². The predicted molar refractivity (Wildman–Crippen MR) is 87.5 cm³/mol.